The first-order valence-electron chi connectivity index (χ1n) is 18.3. The topological polar surface area (TPSA) is 35.6 Å². The highest BCUT2D eigenvalue weighted by molar-refractivity contribution is 6.13. The van der Waals surface area contributed by atoms with Gasteiger partial charge in [0.1, 0.15) is 5.82 Å². The fraction of sp³-hybridized carbons (Fsp3) is 0.0612. The lowest BCUT2D eigenvalue weighted by Gasteiger charge is -2.23. The molecule has 4 nitrogen and oxygen atoms in total. The number of para-hydroxylation sites is 3. The fourth-order valence-electron chi connectivity index (χ4n) is 8.97. The maximum atomic E-state index is 5.27. The van der Waals surface area contributed by atoms with Crippen LogP contribution in [0.2, 0.25) is 0 Å². The molecule has 1 aliphatic carbocycles. The van der Waals surface area contributed by atoms with Gasteiger partial charge < -0.3 is 4.57 Å². The van der Waals surface area contributed by atoms with Crippen LogP contribution in [0, 0.1) is 0 Å². The van der Waals surface area contributed by atoms with Crippen molar-refractivity contribution in [2.24, 2.45) is 0 Å². The van der Waals surface area contributed by atoms with Crippen LogP contribution < -0.4 is 0 Å². The van der Waals surface area contributed by atoms with Crippen LogP contribution in [0.5, 0.6) is 0 Å². The minimum Gasteiger partial charge on any atom is -0.309 e. The summed E-state index contributed by atoms with van der Waals surface area (Å²) < 4.78 is 4.76. The van der Waals surface area contributed by atoms with Crippen molar-refractivity contribution >= 4 is 43.6 Å². The highest BCUT2D eigenvalue weighted by Gasteiger charge is 2.38. The number of benzene rings is 7. The van der Waals surface area contributed by atoms with Crippen LogP contribution in [-0.4, -0.2) is 19.1 Å². The number of aromatic nitrogens is 4. The summed E-state index contributed by atoms with van der Waals surface area (Å²) in [6.45, 7) is 4.75. The Bertz CT molecular complexity index is 3040. The molecule has 0 spiro atoms. The zero-order chi connectivity index (χ0) is 35.3. The van der Waals surface area contributed by atoms with Crippen molar-refractivity contribution < 1.29 is 0 Å². The zero-order valence-corrected chi connectivity index (χ0v) is 29.5. The molecule has 53 heavy (non-hydrogen) atoms. The minimum atomic E-state index is -0.163. The molecule has 0 fully saturated rings. The number of nitrogens with zero attached hydrogens (tertiary/aromatic N) is 4. The van der Waals surface area contributed by atoms with Gasteiger partial charge in [0, 0.05) is 49.8 Å². The van der Waals surface area contributed by atoms with Crippen LogP contribution >= 0.6 is 0 Å². The summed E-state index contributed by atoms with van der Waals surface area (Å²) in [6, 6.07) is 60.9. The molecule has 0 saturated carbocycles. The van der Waals surface area contributed by atoms with E-state index >= 15 is 0 Å². The van der Waals surface area contributed by atoms with E-state index in [-0.39, 0.29) is 5.41 Å². The molecule has 0 bridgehead atoms. The maximum Gasteiger partial charge on any atom is 0.162 e. The van der Waals surface area contributed by atoms with Crippen molar-refractivity contribution in [2.75, 3.05) is 0 Å². The van der Waals surface area contributed by atoms with E-state index in [4.69, 9.17) is 9.97 Å². The summed E-state index contributed by atoms with van der Waals surface area (Å²) in [4.78, 5) is 10.5. The molecule has 0 amide bonds. The zero-order valence-electron chi connectivity index (χ0n) is 29.5. The molecule has 0 saturated heterocycles. The molecule has 11 rings (SSSR count). The van der Waals surface area contributed by atoms with E-state index in [0.29, 0.717) is 5.82 Å². The van der Waals surface area contributed by atoms with Crippen LogP contribution in [0.1, 0.15) is 25.0 Å². The van der Waals surface area contributed by atoms with Gasteiger partial charge in [0.25, 0.3) is 0 Å². The molecule has 4 heteroatoms. The van der Waals surface area contributed by atoms with E-state index in [1.54, 1.807) is 0 Å². The van der Waals surface area contributed by atoms with Gasteiger partial charge in [-0.15, -0.1) is 0 Å². The van der Waals surface area contributed by atoms with Crippen LogP contribution in [0.4, 0.5) is 0 Å². The Morgan fingerprint density at radius 1 is 0.453 bits per heavy atom. The molecule has 250 valence electrons. The van der Waals surface area contributed by atoms with E-state index in [0.717, 1.165) is 39.4 Å². The first-order chi connectivity index (χ1) is 26.1. The predicted molar refractivity (Wildman–Crippen MR) is 219 cm³/mol. The van der Waals surface area contributed by atoms with Crippen molar-refractivity contribution in [1.29, 1.82) is 0 Å². The third-order valence-corrected chi connectivity index (χ3v) is 11.3. The summed E-state index contributed by atoms with van der Waals surface area (Å²) in [5.41, 5.74) is 13.9. The van der Waals surface area contributed by atoms with Crippen LogP contribution in [0.25, 0.3) is 88.9 Å². The molecule has 3 aromatic heterocycles. The maximum absolute atomic E-state index is 5.27. The predicted octanol–water partition coefficient (Wildman–Crippen LogP) is 12.3. The molecular formula is C49H34N4. The van der Waals surface area contributed by atoms with Gasteiger partial charge in [-0.25, -0.2) is 9.97 Å². The van der Waals surface area contributed by atoms with E-state index in [1.807, 2.05) is 18.2 Å². The molecule has 3 heterocycles. The van der Waals surface area contributed by atoms with Crippen molar-refractivity contribution in [3.8, 4) is 45.3 Å². The van der Waals surface area contributed by atoms with Gasteiger partial charge in [-0.1, -0.05) is 147 Å². The number of hydrogen-bond donors (Lipinski definition) is 0. The first-order valence-corrected chi connectivity index (χ1v) is 18.3. The van der Waals surface area contributed by atoms with Gasteiger partial charge in [-0.2, -0.15) is 0 Å². The number of rotatable bonds is 4. The van der Waals surface area contributed by atoms with E-state index in [1.165, 1.54) is 54.8 Å². The molecule has 0 unspecified atom stereocenters. The Hall–Kier alpha value is -6.78. The van der Waals surface area contributed by atoms with E-state index in [9.17, 15) is 0 Å². The van der Waals surface area contributed by atoms with Gasteiger partial charge in [0.15, 0.2) is 5.82 Å². The lowest BCUT2D eigenvalue weighted by molar-refractivity contribution is 0.664. The Morgan fingerprint density at radius 2 is 1.06 bits per heavy atom. The molecule has 1 aliphatic rings. The van der Waals surface area contributed by atoms with Crippen LogP contribution in [-0.2, 0) is 5.41 Å². The number of hydrogen-bond acceptors (Lipinski definition) is 2. The first kappa shape index (κ1) is 29.9. The second-order valence-electron chi connectivity index (χ2n) is 14.6. The summed E-state index contributed by atoms with van der Waals surface area (Å²) in [5.74, 6) is 1.53. The van der Waals surface area contributed by atoms with Crippen molar-refractivity contribution in [3.05, 3.63) is 181 Å². The minimum absolute atomic E-state index is 0.163. The highest BCUT2D eigenvalue weighted by Crippen LogP contribution is 2.53. The summed E-state index contributed by atoms with van der Waals surface area (Å²) >= 11 is 0. The van der Waals surface area contributed by atoms with Gasteiger partial charge in [-0.05, 0) is 52.6 Å². The molecule has 7 aromatic carbocycles. The molecule has 0 N–H and O–H groups in total. The lowest BCUT2D eigenvalue weighted by atomic mass is 9.81. The van der Waals surface area contributed by atoms with Crippen molar-refractivity contribution in [3.63, 3.8) is 0 Å². The van der Waals surface area contributed by atoms with E-state index < -0.39 is 0 Å². The third-order valence-electron chi connectivity index (χ3n) is 11.3. The molecule has 0 radical (unpaired) electrons. The van der Waals surface area contributed by atoms with Gasteiger partial charge in [-0.3, -0.25) is 4.57 Å². The van der Waals surface area contributed by atoms with Crippen molar-refractivity contribution in [1.82, 2.24) is 19.1 Å². The molecule has 10 aromatic rings. The Morgan fingerprint density at radius 3 is 1.79 bits per heavy atom. The van der Waals surface area contributed by atoms with Gasteiger partial charge in [0.05, 0.1) is 27.8 Å². The quantitative estimate of drug-likeness (QED) is 0.186. The summed E-state index contributed by atoms with van der Waals surface area (Å²) in [7, 11) is 0. The highest BCUT2D eigenvalue weighted by atomic mass is 15.1. The van der Waals surface area contributed by atoms with Gasteiger partial charge >= 0.3 is 0 Å². The fourth-order valence-corrected chi connectivity index (χ4v) is 8.97. The Labute approximate surface area is 307 Å². The third kappa shape index (κ3) is 4.30. The normalized spacial score (nSPS) is 13.2. The van der Waals surface area contributed by atoms with Crippen LogP contribution in [0.15, 0.2) is 170 Å². The average molecular weight is 679 g/mol. The van der Waals surface area contributed by atoms with Gasteiger partial charge in [0.2, 0.25) is 0 Å². The Balaban J connectivity index is 1.17. The monoisotopic (exact) mass is 678 g/mol. The second-order valence-corrected chi connectivity index (χ2v) is 14.6. The smallest absolute Gasteiger partial charge is 0.162 e. The SMILES string of the molecule is CC1(C)c2ccccc2-c2ccc3c4ccccc4n(-c4cccc(-c5cc(-n6c7ccccc7c7ccccc76)nc(-c6ccccc6)n5)c4)c3c21. The molecule has 0 aliphatic heterocycles. The number of fused-ring (bicyclic) bond motifs is 10. The second kappa shape index (κ2) is 11.1. The van der Waals surface area contributed by atoms with Crippen molar-refractivity contribution in [2.45, 2.75) is 19.3 Å². The lowest BCUT2D eigenvalue weighted by Crippen LogP contribution is -2.16. The Kier molecular flexibility index (Phi) is 6.27. The average Bonchev–Trinajstić information content (AvgIpc) is 3.81. The summed E-state index contributed by atoms with van der Waals surface area (Å²) in [5, 5.41) is 4.93. The molecule has 0 atom stereocenters. The standard InChI is InChI=1S/C49H34N4/c1-49(2)40-23-10-6-19-34(40)38-27-28-39-37-22-9-11-24-42(37)52(47(39)46(38)49)33-18-14-17-32(29-33)41-30-45(51-48(50-41)31-15-4-3-5-16-31)53-43-25-12-7-20-35(43)36-21-8-13-26-44(36)53/h3-30H,1-2H3. The molecular weight excluding hydrogens is 645 g/mol. The summed E-state index contributed by atoms with van der Waals surface area (Å²) in [6.07, 6.45) is 0. The largest absolute Gasteiger partial charge is 0.309 e. The van der Waals surface area contributed by atoms with E-state index in [2.05, 4.69) is 175 Å². The van der Waals surface area contributed by atoms with Crippen LogP contribution in [0.3, 0.4) is 0 Å².